The first-order valence-corrected chi connectivity index (χ1v) is 5.97. The molecule has 0 fully saturated rings. The summed E-state index contributed by atoms with van der Waals surface area (Å²) < 4.78 is 2.77. The van der Waals surface area contributed by atoms with Crippen molar-refractivity contribution in [3.05, 3.63) is 23.1 Å². The first-order chi connectivity index (χ1) is 9.02. The van der Waals surface area contributed by atoms with Gasteiger partial charge in [-0.25, -0.2) is 9.36 Å². The maximum atomic E-state index is 12.2. The van der Waals surface area contributed by atoms with Crippen molar-refractivity contribution in [2.24, 2.45) is 5.73 Å². The summed E-state index contributed by atoms with van der Waals surface area (Å²) in [4.78, 5) is 12.2. The van der Waals surface area contributed by atoms with Crippen molar-refractivity contribution in [3.63, 3.8) is 0 Å². The summed E-state index contributed by atoms with van der Waals surface area (Å²) in [5.74, 6) is 0.0961. The molecule has 0 bridgehead atoms. The van der Waals surface area contributed by atoms with Gasteiger partial charge in [-0.3, -0.25) is 4.79 Å². The van der Waals surface area contributed by atoms with Crippen molar-refractivity contribution in [3.8, 4) is 0 Å². The Morgan fingerprint density at radius 2 is 2.16 bits per heavy atom. The number of aromatic nitrogens is 5. The molecule has 8 nitrogen and oxygen atoms in total. The number of nitrogen functional groups attached to an aromatic ring is 1. The third kappa shape index (κ3) is 2.63. The quantitative estimate of drug-likeness (QED) is 0.769. The minimum atomic E-state index is -0.186. The van der Waals surface area contributed by atoms with Gasteiger partial charge in [-0.2, -0.15) is 5.10 Å². The molecule has 0 spiro atoms. The highest BCUT2D eigenvalue weighted by Gasteiger charge is 2.16. The Hall–Kier alpha value is -2.22. The third-order valence-corrected chi connectivity index (χ3v) is 2.93. The van der Waals surface area contributed by atoms with Gasteiger partial charge in [0.1, 0.15) is 6.54 Å². The minimum Gasteiger partial charge on any atom is -0.381 e. The molecule has 102 valence electrons. The molecule has 0 aromatic carbocycles. The molecule has 8 heteroatoms. The summed E-state index contributed by atoms with van der Waals surface area (Å²) in [5, 5.41) is 11.6. The number of aryl methyl sites for hydroxylation is 1. The fourth-order valence-corrected chi connectivity index (χ4v) is 2.02. The summed E-state index contributed by atoms with van der Waals surface area (Å²) in [6, 6.07) is 0. The maximum absolute atomic E-state index is 12.2. The predicted octanol–water partition coefficient (Wildman–Crippen LogP) is -0.485. The van der Waals surface area contributed by atoms with Gasteiger partial charge in [-0.15, -0.1) is 5.10 Å². The van der Waals surface area contributed by atoms with Crippen LogP contribution >= 0.6 is 0 Å². The number of hydrogen-bond donors (Lipinski definition) is 2. The standard InChI is InChI=1S/C11H17N7O/c1-7-9(3-4-12)8(2)18(15-7)11(19)6-17-5-10(13)14-16-17/h5H,3-4,6,12-13H2,1-2H3. The molecular weight excluding hydrogens is 246 g/mol. The van der Waals surface area contributed by atoms with Crippen LogP contribution in [0, 0.1) is 13.8 Å². The number of rotatable bonds is 4. The van der Waals surface area contributed by atoms with Crippen LogP contribution in [0.1, 0.15) is 21.7 Å². The van der Waals surface area contributed by atoms with Crippen LogP contribution in [0.5, 0.6) is 0 Å². The van der Waals surface area contributed by atoms with Gasteiger partial charge in [-0.05, 0) is 32.4 Å². The SMILES string of the molecule is Cc1nn(C(=O)Cn2cc(N)nn2)c(C)c1CCN. The zero-order valence-corrected chi connectivity index (χ0v) is 11.0. The van der Waals surface area contributed by atoms with Crippen molar-refractivity contribution in [2.75, 3.05) is 12.3 Å². The third-order valence-electron chi connectivity index (χ3n) is 2.93. The highest BCUT2D eigenvalue weighted by Crippen LogP contribution is 2.13. The van der Waals surface area contributed by atoms with E-state index in [-0.39, 0.29) is 18.3 Å². The van der Waals surface area contributed by atoms with E-state index in [1.807, 2.05) is 13.8 Å². The van der Waals surface area contributed by atoms with Crippen LogP contribution in [0.15, 0.2) is 6.20 Å². The first kappa shape index (κ1) is 13.2. The second-order valence-electron chi connectivity index (χ2n) is 4.33. The summed E-state index contributed by atoms with van der Waals surface area (Å²) >= 11 is 0. The fourth-order valence-electron chi connectivity index (χ4n) is 2.02. The molecule has 19 heavy (non-hydrogen) atoms. The average Bonchev–Trinajstić information content (AvgIpc) is 2.87. The van der Waals surface area contributed by atoms with E-state index in [4.69, 9.17) is 11.5 Å². The Kier molecular flexibility index (Phi) is 3.61. The van der Waals surface area contributed by atoms with Gasteiger partial charge < -0.3 is 11.5 Å². The molecule has 2 aromatic rings. The van der Waals surface area contributed by atoms with Crippen molar-refractivity contribution in [1.82, 2.24) is 24.8 Å². The number of nitrogens with zero attached hydrogens (tertiary/aromatic N) is 5. The van der Waals surface area contributed by atoms with Crippen LogP contribution in [-0.2, 0) is 13.0 Å². The Bertz CT molecular complexity index is 598. The topological polar surface area (TPSA) is 118 Å². The lowest BCUT2D eigenvalue weighted by atomic mass is 10.1. The van der Waals surface area contributed by atoms with Crippen LogP contribution < -0.4 is 11.5 Å². The Balaban J connectivity index is 2.22. The van der Waals surface area contributed by atoms with E-state index in [2.05, 4.69) is 15.4 Å². The van der Waals surface area contributed by atoms with Gasteiger partial charge in [0.25, 0.3) is 5.91 Å². The van der Waals surface area contributed by atoms with Crippen molar-refractivity contribution in [1.29, 1.82) is 0 Å². The normalized spacial score (nSPS) is 10.9. The fraction of sp³-hybridized carbons (Fsp3) is 0.455. The van der Waals surface area contributed by atoms with Crippen LogP contribution in [0.4, 0.5) is 5.82 Å². The van der Waals surface area contributed by atoms with Crippen LogP contribution in [0.25, 0.3) is 0 Å². The van der Waals surface area contributed by atoms with Crippen LogP contribution in [-0.4, -0.2) is 37.2 Å². The number of carbonyl (C=O) groups excluding carboxylic acids is 1. The molecule has 0 aliphatic carbocycles. The van der Waals surface area contributed by atoms with E-state index in [0.29, 0.717) is 13.0 Å². The van der Waals surface area contributed by atoms with E-state index in [1.165, 1.54) is 15.6 Å². The van der Waals surface area contributed by atoms with Gasteiger partial charge in [0.05, 0.1) is 11.9 Å². The molecule has 0 radical (unpaired) electrons. The molecule has 0 unspecified atom stereocenters. The van der Waals surface area contributed by atoms with Gasteiger partial charge >= 0.3 is 0 Å². The summed E-state index contributed by atoms with van der Waals surface area (Å²) in [5.41, 5.74) is 13.7. The molecule has 0 atom stereocenters. The van der Waals surface area contributed by atoms with E-state index < -0.39 is 0 Å². The van der Waals surface area contributed by atoms with Gasteiger partial charge in [0.2, 0.25) is 0 Å². The summed E-state index contributed by atoms with van der Waals surface area (Å²) in [6.45, 7) is 4.31. The minimum absolute atomic E-state index is 0.0498. The Labute approximate surface area is 110 Å². The smallest absolute Gasteiger partial charge is 0.268 e. The van der Waals surface area contributed by atoms with Crippen LogP contribution in [0.2, 0.25) is 0 Å². The molecule has 4 N–H and O–H groups in total. The summed E-state index contributed by atoms with van der Waals surface area (Å²) in [6.07, 6.45) is 2.21. The van der Waals surface area contributed by atoms with Gasteiger partial charge in [-0.1, -0.05) is 5.21 Å². The second-order valence-corrected chi connectivity index (χ2v) is 4.33. The van der Waals surface area contributed by atoms with E-state index in [1.54, 1.807) is 0 Å². The largest absolute Gasteiger partial charge is 0.381 e. The Morgan fingerprint density at radius 3 is 2.74 bits per heavy atom. The molecular formula is C11H17N7O. The van der Waals surface area contributed by atoms with Crippen molar-refractivity contribution in [2.45, 2.75) is 26.8 Å². The number of anilines is 1. The lowest BCUT2D eigenvalue weighted by Gasteiger charge is -2.03. The highest BCUT2D eigenvalue weighted by molar-refractivity contribution is 5.78. The molecule has 2 aromatic heterocycles. The lowest BCUT2D eigenvalue weighted by molar-refractivity contribution is 0.0866. The molecule has 2 heterocycles. The molecule has 0 saturated carbocycles. The summed E-state index contributed by atoms with van der Waals surface area (Å²) in [7, 11) is 0. The lowest BCUT2D eigenvalue weighted by Crippen LogP contribution is -2.21. The van der Waals surface area contributed by atoms with E-state index in [0.717, 1.165) is 17.0 Å². The van der Waals surface area contributed by atoms with Gasteiger partial charge in [0, 0.05) is 5.69 Å². The zero-order valence-electron chi connectivity index (χ0n) is 11.0. The Morgan fingerprint density at radius 1 is 1.42 bits per heavy atom. The van der Waals surface area contributed by atoms with E-state index >= 15 is 0 Å². The highest BCUT2D eigenvalue weighted by atomic mass is 16.2. The number of hydrogen-bond acceptors (Lipinski definition) is 6. The van der Waals surface area contributed by atoms with Gasteiger partial charge in [0.15, 0.2) is 5.82 Å². The molecule has 0 amide bonds. The number of carbonyl (C=O) groups is 1. The van der Waals surface area contributed by atoms with Crippen molar-refractivity contribution >= 4 is 11.7 Å². The molecule has 0 saturated heterocycles. The van der Waals surface area contributed by atoms with Crippen LogP contribution in [0.3, 0.4) is 0 Å². The zero-order chi connectivity index (χ0) is 14.0. The molecule has 0 aliphatic heterocycles. The first-order valence-electron chi connectivity index (χ1n) is 5.97. The molecule has 2 rings (SSSR count). The maximum Gasteiger partial charge on any atom is 0.268 e. The number of nitrogens with two attached hydrogens (primary N) is 2. The monoisotopic (exact) mass is 263 g/mol. The molecule has 0 aliphatic rings. The van der Waals surface area contributed by atoms with Crippen molar-refractivity contribution < 1.29 is 4.79 Å². The average molecular weight is 263 g/mol. The predicted molar refractivity (Wildman–Crippen MR) is 69.5 cm³/mol. The van der Waals surface area contributed by atoms with E-state index in [9.17, 15) is 4.79 Å². The second kappa shape index (κ2) is 5.19.